The fraction of sp³-hybridized carbons (Fsp3) is 0.0833. The van der Waals surface area contributed by atoms with Gasteiger partial charge in [-0.15, -0.1) is 0 Å². The molecule has 3 aromatic carbocycles. The molecule has 1 N–H and O–H groups in total. The van der Waals surface area contributed by atoms with E-state index in [9.17, 15) is 4.79 Å². The van der Waals surface area contributed by atoms with Crippen LogP contribution in [0.4, 0.5) is 0 Å². The third-order valence-corrected chi connectivity index (χ3v) is 4.92. The van der Waals surface area contributed by atoms with Crippen LogP contribution in [0.25, 0.3) is 0 Å². The zero-order valence-corrected chi connectivity index (χ0v) is 17.1. The predicted molar refractivity (Wildman–Crippen MR) is 117 cm³/mol. The summed E-state index contributed by atoms with van der Waals surface area (Å²) in [6.07, 6.45) is 3.55. The minimum atomic E-state index is -0.423. The summed E-state index contributed by atoms with van der Waals surface area (Å²) in [6, 6.07) is 23.5. The Kier molecular flexibility index (Phi) is 5.82. The van der Waals surface area contributed by atoms with Crippen LogP contribution in [-0.4, -0.2) is 15.5 Å². The van der Waals surface area contributed by atoms with Gasteiger partial charge in [-0.1, -0.05) is 48.0 Å². The fourth-order valence-corrected chi connectivity index (χ4v) is 3.27. The van der Waals surface area contributed by atoms with Gasteiger partial charge >= 0.3 is 0 Å². The van der Waals surface area contributed by atoms with Crippen molar-refractivity contribution < 1.29 is 9.53 Å². The molecule has 0 unspecified atom stereocenters. The first-order chi connectivity index (χ1) is 14.6. The molecule has 1 aromatic heterocycles. The van der Waals surface area contributed by atoms with Crippen molar-refractivity contribution in [2.75, 3.05) is 0 Å². The van der Waals surface area contributed by atoms with E-state index in [-0.39, 0.29) is 5.91 Å². The van der Waals surface area contributed by atoms with Crippen LogP contribution in [0.2, 0.25) is 5.02 Å². The van der Waals surface area contributed by atoms with Crippen LogP contribution in [0.5, 0.6) is 11.5 Å². The maximum absolute atomic E-state index is 13.1. The monoisotopic (exact) mass is 417 g/mol. The molecule has 0 spiro atoms. The van der Waals surface area contributed by atoms with Crippen LogP contribution in [0.1, 0.15) is 27.8 Å². The lowest BCUT2D eigenvalue weighted by atomic mass is 10.1. The lowest BCUT2D eigenvalue weighted by Crippen LogP contribution is -2.31. The number of hydrogen-bond acceptors (Lipinski definition) is 3. The molecular weight excluding hydrogens is 398 g/mol. The first-order valence-corrected chi connectivity index (χ1v) is 9.84. The average molecular weight is 418 g/mol. The standard InChI is InChI=1S/C24H20ClN3O2/c1-28-15-14-26-23(28)22(17-10-12-19(25)13-11-17)27-24(29)18-6-5-9-21(16-18)30-20-7-3-2-4-8-20/h2-16,22H,1H3,(H,27,29)/t22-/m1/s1. The summed E-state index contributed by atoms with van der Waals surface area (Å²) in [5.74, 6) is 1.80. The zero-order valence-electron chi connectivity index (χ0n) is 16.3. The van der Waals surface area contributed by atoms with Crippen LogP contribution in [0, 0.1) is 0 Å². The number of halogens is 1. The Morgan fingerprint density at radius 3 is 2.43 bits per heavy atom. The number of rotatable bonds is 6. The number of nitrogens with zero attached hydrogens (tertiary/aromatic N) is 2. The fourth-order valence-electron chi connectivity index (χ4n) is 3.15. The number of ether oxygens (including phenoxy) is 1. The first kappa shape index (κ1) is 19.7. The van der Waals surface area contributed by atoms with Crippen LogP contribution in [0.15, 0.2) is 91.3 Å². The Morgan fingerprint density at radius 2 is 1.73 bits per heavy atom. The maximum Gasteiger partial charge on any atom is 0.252 e. The second-order valence-corrected chi connectivity index (χ2v) is 7.23. The summed E-state index contributed by atoms with van der Waals surface area (Å²) >= 11 is 6.04. The molecule has 0 radical (unpaired) electrons. The molecule has 0 aliphatic heterocycles. The summed E-state index contributed by atoms with van der Waals surface area (Å²) in [7, 11) is 1.89. The molecule has 0 bridgehead atoms. The quantitative estimate of drug-likeness (QED) is 0.458. The molecule has 1 heterocycles. The molecule has 150 valence electrons. The molecule has 5 nitrogen and oxygen atoms in total. The van der Waals surface area contributed by atoms with Crippen molar-refractivity contribution in [3.05, 3.63) is 113 Å². The Morgan fingerprint density at radius 1 is 1.00 bits per heavy atom. The van der Waals surface area contributed by atoms with E-state index in [1.807, 2.05) is 66.3 Å². The van der Waals surface area contributed by atoms with E-state index in [2.05, 4.69) is 10.3 Å². The molecule has 1 atom stereocenters. The van der Waals surface area contributed by atoms with Crippen molar-refractivity contribution in [1.82, 2.24) is 14.9 Å². The van der Waals surface area contributed by atoms with Crippen LogP contribution in [-0.2, 0) is 7.05 Å². The summed E-state index contributed by atoms with van der Waals surface area (Å²) in [6.45, 7) is 0. The number of aromatic nitrogens is 2. The summed E-state index contributed by atoms with van der Waals surface area (Å²) in [5.41, 5.74) is 1.38. The number of benzene rings is 3. The normalized spacial score (nSPS) is 11.7. The van der Waals surface area contributed by atoms with Gasteiger partial charge in [0.25, 0.3) is 5.91 Å². The molecule has 0 fully saturated rings. The van der Waals surface area contributed by atoms with E-state index < -0.39 is 6.04 Å². The molecule has 4 aromatic rings. The Labute approximate surface area is 179 Å². The molecule has 0 aliphatic rings. The second kappa shape index (κ2) is 8.84. The molecule has 6 heteroatoms. The third-order valence-electron chi connectivity index (χ3n) is 4.67. The average Bonchev–Trinajstić information content (AvgIpc) is 3.19. The van der Waals surface area contributed by atoms with E-state index in [4.69, 9.17) is 16.3 Å². The lowest BCUT2D eigenvalue weighted by Gasteiger charge is -2.19. The highest BCUT2D eigenvalue weighted by molar-refractivity contribution is 6.30. The van der Waals surface area contributed by atoms with Gasteiger partial charge in [0, 0.05) is 30.0 Å². The summed E-state index contributed by atoms with van der Waals surface area (Å²) in [4.78, 5) is 17.5. The number of para-hydroxylation sites is 1. The highest BCUT2D eigenvalue weighted by Crippen LogP contribution is 2.25. The minimum Gasteiger partial charge on any atom is -0.457 e. The van der Waals surface area contributed by atoms with Crippen molar-refractivity contribution in [3.8, 4) is 11.5 Å². The van der Waals surface area contributed by atoms with Gasteiger partial charge in [0.2, 0.25) is 0 Å². The highest BCUT2D eigenvalue weighted by atomic mass is 35.5. The van der Waals surface area contributed by atoms with Gasteiger partial charge in [0.15, 0.2) is 0 Å². The maximum atomic E-state index is 13.1. The van der Waals surface area contributed by atoms with Crippen LogP contribution in [0.3, 0.4) is 0 Å². The summed E-state index contributed by atoms with van der Waals surface area (Å²) in [5, 5.41) is 3.72. The Bertz CT molecular complexity index is 1140. The number of hydrogen-bond donors (Lipinski definition) is 1. The zero-order chi connectivity index (χ0) is 20.9. The van der Waals surface area contributed by atoms with E-state index in [0.29, 0.717) is 22.1 Å². The third kappa shape index (κ3) is 4.53. The van der Waals surface area contributed by atoms with Gasteiger partial charge in [-0.25, -0.2) is 4.98 Å². The van der Waals surface area contributed by atoms with E-state index in [0.717, 1.165) is 11.4 Å². The number of carbonyl (C=O) groups is 1. The van der Waals surface area contributed by atoms with Gasteiger partial charge in [-0.2, -0.15) is 0 Å². The van der Waals surface area contributed by atoms with Crippen molar-refractivity contribution in [2.45, 2.75) is 6.04 Å². The van der Waals surface area contributed by atoms with Gasteiger partial charge in [0.05, 0.1) is 0 Å². The van der Waals surface area contributed by atoms with E-state index >= 15 is 0 Å². The molecule has 1 amide bonds. The van der Waals surface area contributed by atoms with Crippen molar-refractivity contribution in [3.63, 3.8) is 0 Å². The van der Waals surface area contributed by atoms with Crippen molar-refractivity contribution in [1.29, 1.82) is 0 Å². The van der Waals surface area contributed by atoms with Gasteiger partial charge in [0.1, 0.15) is 23.4 Å². The van der Waals surface area contributed by atoms with Crippen LogP contribution < -0.4 is 10.1 Å². The number of nitrogens with one attached hydrogen (secondary N) is 1. The Balaban J connectivity index is 1.59. The highest BCUT2D eigenvalue weighted by Gasteiger charge is 2.21. The van der Waals surface area contributed by atoms with Crippen molar-refractivity contribution in [2.24, 2.45) is 7.05 Å². The van der Waals surface area contributed by atoms with Crippen molar-refractivity contribution >= 4 is 17.5 Å². The number of amides is 1. The molecule has 0 aliphatic carbocycles. The molecule has 0 saturated carbocycles. The number of carbonyl (C=O) groups excluding carboxylic acids is 1. The topological polar surface area (TPSA) is 56.2 Å². The van der Waals surface area contributed by atoms with E-state index in [1.165, 1.54) is 0 Å². The molecule has 30 heavy (non-hydrogen) atoms. The minimum absolute atomic E-state index is 0.225. The van der Waals surface area contributed by atoms with Gasteiger partial charge < -0.3 is 14.6 Å². The van der Waals surface area contributed by atoms with E-state index in [1.54, 1.807) is 36.5 Å². The second-order valence-electron chi connectivity index (χ2n) is 6.80. The molecule has 0 saturated heterocycles. The summed E-state index contributed by atoms with van der Waals surface area (Å²) < 4.78 is 7.74. The number of imidazole rings is 1. The SMILES string of the molecule is Cn1ccnc1[C@H](NC(=O)c1cccc(Oc2ccccc2)c1)c1ccc(Cl)cc1. The molecule has 4 rings (SSSR count). The van der Waals surface area contributed by atoms with Gasteiger partial charge in [-0.3, -0.25) is 4.79 Å². The lowest BCUT2D eigenvalue weighted by molar-refractivity contribution is 0.0941. The molecular formula is C24H20ClN3O2. The Hall–Kier alpha value is -3.57. The predicted octanol–water partition coefficient (Wildman–Crippen LogP) is 5.39. The van der Waals surface area contributed by atoms with Gasteiger partial charge in [-0.05, 0) is 48.0 Å². The first-order valence-electron chi connectivity index (χ1n) is 9.46. The van der Waals surface area contributed by atoms with Crippen LogP contribution >= 0.6 is 11.6 Å². The smallest absolute Gasteiger partial charge is 0.252 e. The number of aryl methyl sites for hydroxylation is 1. The largest absolute Gasteiger partial charge is 0.457 e.